The van der Waals surface area contributed by atoms with Crippen LogP contribution in [0.2, 0.25) is 0 Å². The van der Waals surface area contributed by atoms with Crippen LogP contribution in [-0.2, 0) is 20.8 Å². The molecule has 0 saturated carbocycles. The quantitative estimate of drug-likeness (QED) is 0.880. The number of nitrogens with zero attached hydrogens (tertiary/aromatic N) is 2. The van der Waals surface area contributed by atoms with Crippen LogP contribution in [0.5, 0.6) is 0 Å². The molecule has 2 aromatic rings. The summed E-state index contributed by atoms with van der Waals surface area (Å²) in [6.45, 7) is 6.18. The number of carbonyl (C=O) groups excluding carboxylic acids is 1. The number of aryl methyl sites for hydroxylation is 1. The minimum atomic E-state index is -1.04. The van der Waals surface area contributed by atoms with Gasteiger partial charge in [-0.25, -0.2) is 4.79 Å². The number of ether oxygens (including phenoxy) is 2. The van der Waals surface area contributed by atoms with Crippen LogP contribution in [0.3, 0.4) is 0 Å². The first kappa shape index (κ1) is 18.4. The molecule has 140 valence electrons. The van der Waals surface area contributed by atoms with E-state index in [2.05, 4.69) is 11.5 Å². The Morgan fingerprint density at radius 2 is 2.12 bits per heavy atom. The molecule has 1 atom stereocenters. The number of hydrogen-bond acceptors (Lipinski definition) is 4. The zero-order valence-corrected chi connectivity index (χ0v) is 15.3. The van der Waals surface area contributed by atoms with Crippen molar-refractivity contribution in [3.8, 4) is 0 Å². The second-order valence-electron chi connectivity index (χ2n) is 6.54. The second kappa shape index (κ2) is 7.47. The third-order valence-electron chi connectivity index (χ3n) is 5.03. The minimum absolute atomic E-state index is 0.0685. The van der Waals surface area contributed by atoms with Crippen LogP contribution < -0.4 is 0 Å². The fourth-order valence-corrected chi connectivity index (χ4v) is 3.42. The monoisotopic (exact) mass is 360 g/mol. The predicted molar refractivity (Wildman–Crippen MR) is 96.6 cm³/mol. The predicted octanol–water partition coefficient (Wildman–Crippen LogP) is 1.83. The number of amides is 1. The highest BCUT2D eigenvalue weighted by Crippen LogP contribution is 2.27. The fraction of sp³-hybridized carbons (Fsp3) is 0.474. The number of methoxy groups -OCH3 is 1. The molecule has 1 aliphatic rings. The highest BCUT2D eigenvalue weighted by atomic mass is 16.5. The molecule has 0 unspecified atom stereocenters. The van der Waals surface area contributed by atoms with Gasteiger partial charge in [-0.1, -0.05) is 0 Å². The molecular formula is C19H24N2O5. The van der Waals surface area contributed by atoms with E-state index in [9.17, 15) is 9.59 Å². The van der Waals surface area contributed by atoms with E-state index < -0.39 is 12.1 Å². The average molecular weight is 360 g/mol. The molecule has 0 aliphatic carbocycles. The topological polar surface area (TPSA) is 81.0 Å². The zero-order chi connectivity index (χ0) is 18.8. The minimum Gasteiger partial charge on any atom is -0.479 e. The normalized spacial score (nSPS) is 17.7. The molecule has 1 aromatic heterocycles. The van der Waals surface area contributed by atoms with Crippen LogP contribution in [0.25, 0.3) is 10.9 Å². The molecule has 2 heterocycles. The van der Waals surface area contributed by atoms with Gasteiger partial charge in [0.1, 0.15) is 0 Å². The summed E-state index contributed by atoms with van der Waals surface area (Å²) in [6.07, 6.45) is -0.962. The number of carbonyl (C=O) groups is 2. The standard InChI is InChI=1S/C19H24N2O5/c1-12-13(2)21(7-8-25-3)16-5-4-14(10-15(12)16)18(22)20-6-9-26-17(11-20)19(23)24/h4-5,10,17H,6-9,11H2,1-3H3,(H,23,24)/t17-/m1/s1. The second-order valence-corrected chi connectivity index (χ2v) is 6.54. The first-order chi connectivity index (χ1) is 12.4. The number of morpholine rings is 1. The number of fused-ring (bicyclic) bond motifs is 1. The van der Waals surface area contributed by atoms with Gasteiger partial charge in [-0.3, -0.25) is 4.79 Å². The summed E-state index contributed by atoms with van der Waals surface area (Å²) in [5.74, 6) is -1.21. The van der Waals surface area contributed by atoms with E-state index >= 15 is 0 Å². The highest BCUT2D eigenvalue weighted by molar-refractivity contribution is 5.99. The SMILES string of the molecule is COCCn1c(C)c(C)c2cc(C(=O)N3CCO[C@@H](C(=O)O)C3)ccc21. The van der Waals surface area contributed by atoms with E-state index in [1.165, 1.54) is 0 Å². The van der Waals surface area contributed by atoms with Gasteiger partial charge in [-0.2, -0.15) is 0 Å². The Kier molecular flexibility index (Phi) is 5.29. The largest absolute Gasteiger partial charge is 0.479 e. The van der Waals surface area contributed by atoms with Crippen molar-refractivity contribution in [2.45, 2.75) is 26.5 Å². The number of carboxylic acid groups (broad SMARTS) is 1. The molecule has 0 radical (unpaired) electrons. The van der Waals surface area contributed by atoms with Gasteiger partial charge in [0.05, 0.1) is 19.8 Å². The van der Waals surface area contributed by atoms with Crippen LogP contribution in [0, 0.1) is 13.8 Å². The first-order valence-corrected chi connectivity index (χ1v) is 8.66. The molecule has 26 heavy (non-hydrogen) atoms. The van der Waals surface area contributed by atoms with E-state index in [1.807, 2.05) is 19.1 Å². The molecule has 1 amide bonds. The van der Waals surface area contributed by atoms with Gasteiger partial charge >= 0.3 is 5.97 Å². The van der Waals surface area contributed by atoms with Crippen molar-refractivity contribution in [3.63, 3.8) is 0 Å². The van der Waals surface area contributed by atoms with Gasteiger partial charge in [0, 0.05) is 42.4 Å². The van der Waals surface area contributed by atoms with Gasteiger partial charge in [-0.05, 0) is 37.6 Å². The lowest BCUT2D eigenvalue weighted by atomic mass is 10.1. The molecule has 0 bridgehead atoms. The van der Waals surface area contributed by atoms with Gasteiger partial charge < -0.3 is 24.0 Å². The number of rotatable bonds is 5. The Labute approximate surface area is 152 Å². The number of benzene rings is 1. The lowest BCUT2D eigenvalue weighted by Crippen LogP contribution is -2.48. The fourth-order valence-electron chi connectivity index (χ4n) is 3.42. The third-order valence-corrected chi connectivity index (χ3v) is 5.03. The summed E-state index contributed by atoms with van der Waals surface area (Å²) >= 11 is 0. The van der Waals surface area contributed by atoms with Crippen molar-refractivity contribution in [2.24, 2.45) is 0 Å². The average Bonchev–Trinajstić information content (AvgIpc) is 2.89. The van der Waals surface area contributed by atoms with E-state index in [4.69, 9.17) is 14.6 Å². The molecule has 7 heteroatoms. The molecule has 1 N–H and O–H groups in total. The smallest absolute Gasteiger partial charge is 0.334 e. The molecule has 1 fully saturated rings. The molecule has 1 aromatic carbocycles. The van der Waals surface area contributed by atoms with Crippen molar-refractivity contribution < 1.29 is 24.2 Å². The summed E-state index contributed by atoms with van der Waals surface area (Å²) < 4.78 is 12.6. The Bertz CT molecular complexity index is 842. The van der Waals surface area contributed by atoms with Gasteiger partial charge in [-0.15, -0.1) is 0 Å². The number of carboxylic acids is 1. The lowest BCUT2D eigenvalue weighted by molar-refractivity contribution is -0.154. The molecular weight excluding hydrogens is 336 g/mol. The van der Waals surface area contributed by atoms with E-state index in [0.29, 0.717) is 18.7 Å². The maximum Gasteiger partial charge on any atom is 0.334 e. The zero-order valence-electron chi connectivity index (χ0n) is 15.3. The molecule has 1 saturated heterocycles. The van der Waals surface area contributed by atoms with Crippen LogP contribution in [0.15, 0.2) is 18.2 Å². The van der Waals surface area contributed by atoms with Crippen molar-refractivity contribution in [1.29, 1.82) is 0 Å². The number of hydrogen-bond donors (Lipinski definition) is 1. The van der Waals surface area contributed by atoms with Crippen LogP contribution in [0.1, 0.15) is 21.6 Å². The summed E-state index contributed by atoms with van der Waals surface area (Å²) in [6, 6.07) is 5.65. The first-order valence-electron chi connectivity index (χ1n) is 8.66. The van der Waals surface area contributed by atoms with Gasteiger partial charge in [0.2, 0.25) is 0 Å². The van der Waals surface area contributed by atoms with E-state index in [-0.39, 0.29) is 19.1 Å². The summed E-state index contributed by atoms with van der Waals surface area (Å²) in [5, 5.41) is 10.1. The molecule has 0 spiro atoms. The Balaban J connectivity index is 1.90. The van der Waals surface area contributed by atoms with Gasteiger partial charge in [0.15, 0.2) is 6.10 Å². The number of aromatic nitrogens is 1. The van der Waals surface area contributed by atoms with Crippen LogP contribution in [-0.4, -0.2) is 66.0 Å². The Hall–Kier alpha value is -2.38. The summed E-state index contributed by atoms with van der Waals surface area (Å²) in [5.41, 5.74) is 3.92. The van der Waals surface area contributed by atoms with Crippen molar-refractivity contribution in [1.82, 2.24) is 9.47 Å². The number of aliphatic carboxylic acids is 1. The van der Waals surface area contributed by atoms with E-state index in [0.717, 1.165) is 28.7 Å². The maximum atomic E-state index is 12.8. The Morgan fingerprint density at radius 3 is 2.81 bits per heavy atom. The van der Waals surface area contributed by atoms with Crippen molar-refractivity contribution >= 4 is 22.8 Å². The molecule has 3 rings (SSSR count). The van der Waals surface area contributed by atoms with E-state index in [1.54, 1.807) is 18.1 Å². The summed E-state index contributed by atoms with van der Waals surface area (Å²) in [7, 11) is 1.68. The van der Waals surface area contributed by atoms with Gasteiger partial charge in [0.25, 0.3) is 5.91 Å². The lowest BCUT2D eigenvalue weighted by Gasteiger charge is -2.31. The maximum absolute atomic E-state index is 12.8. The highest BCUT2D eigenvalue weighted by Gasteiger charge is 2.29. The van der Waals surface area contributed by atoms with Crippen molar-refractivity contribution in [2.75, 3.05) is 33.4 Å². The van der Waals surface area contributed by atoms with Crippen LogP contribution in [0.4, 0.5) is 0 Å². The molecule has 7 nitrogen and oxygen atoms in total. The summed E-state index contributed by atoms with van der Waals surface area (Å²) in [4.78, 5) is 25.5. The molecule has 1 aliphatic heterocycles. The third kappa shape index (κ3) is 3.32. The Morgan fingerprint density at radius 1 is 1.35 bits per heavy atom. The van der Waals surface area contributed by atoms with Crippen molar-refractivity contribution in [3.05, 3.63) is 35.0 Å². The van der Waals surface area contributed by atoms with Crippen LogP contribution >= 0.6 is 0 Å².